The zero-order chi connectivity index (χ0) is 13.0. The summed E-state index contributed by atoms with van der Waals surface area (Å²) in [5.74, 6) is -0.324. The Morgan fingerprint density at radius 3 is 2.89 bits per heavy atom. The van der Waals surface area contributed by atoms with Crippen LogP contribution < -0.4 is 5.32 Å². The van der Waals surface area contributed by atoms with E-state index >= 15 is 0 Å². The third-order valence-electron chi connectivity index (χ3n) is 3.52. The van der Waals surface area contributed by atoms with E-state index in [1.165, 1.54) is 0 Å². The fourth-order valence-electron chi connectivity index (χ4n) is 2.53. The Hall–Kier alpha value is -1.14. The predicted molar refractivity (Wildman–Crippen MR) is 64.2 cm³/mol. The zero-order valence-electron chi connectivity index (χ0n) is 10.4. The van der Waals surface area contributed by atoms with Crippen LogP contribution in [0.25, 0.3) is 0 Å². The number of carbonyl (C=O) groups is 2. The molecule has 0 aliphatic carbocycles. The molecule has 2 N–H and O–H groups in total. The van der Waals surface area contributed by atoms with Crippen molar-refractivity contribution in [2.75, 3.05) is 32.8 Å². The third kappa shape index (κ3) is 3.68. The Bertz CT molecular complexity index is 315. The van der Waals surface area contributed by atoms with Crippen LogP contribution in [0.3, 0.4) is 0 Å². The first-order valence-electron chi connectivity index (χ1n) is 6.47. The number of hydrogen-bond acceptors (Lipinski definition) is 4. The van der Waals surface area contributed by atoms with Crippen LogP contribution in [0, 0.1) is 5.92 Å². The summed E-state index contributed by atoms with van der Waals surface area (Å²) in [6, 6.07) is 0. The molecule has 0 spiro atoms. The Morgan fingerprint density at radius 1 is 1.39 bits per heavy atom. The van der Waals surface area contributed by atoms with Crippen molar-refractivity contribution >= 4 is 11.9 Å². The summed E-state index contributed by atoms with van der Waals surface area (Å²) in [6.07, 6.45) is 1.22. The number of amides is 1. The van der Waals surface area contributed by atoms with Gasteiger partial charge in [-0.15, -0.1) is 0 Å². The maximum Gasteiger partial charge on any atom is 0.306 e. The number of nitrogens with zero attached hydrogens (tertiary/aromatic N) is 1. The predicted octanol–water partition coefficient (Wildman–Crippen LogP) is -0.312. The van der Waals surface area contributed by atoms with Gasteiger partial charge in [-0.25, -0.2) is 0 Å². The highest BCUT2D eigenvalue weighted by Gasteiger charge is 2.27. The second-order valence-corrected chi connectivity index (χ2v) is 4.99. The molecule has 0 aromatic heterocycles. The molecule has 2 fully saturated rings. The van der Waals surface area contributed by atoms with E-state index in [1.807, 2.05) is 0 Å². The Morgan fingerprint density at radius 2 is 2.22 bits per heavy atom. The van der Waals surface area contributed by atoms with Gasteiger partial charge in [0.1, 0.15) is 0 Å². The standard InChI is InChI=1S/C12H20N2O4/c15-11(5-9-1-2-13-7-9)14-3-4-18-10(8-14)6-12(16)17/h9-10,13H,1-8H2,(H,16,17). The highest BCUT2D eigenvalue weighted by atomic mass is 16.5. The van der Waals surface area contributed by atoms with Gasteiger partial charge in [-0.05, 0) is 25.4 Å². The second kappa shape index (κ2) is 6.15. The molecule has 0 saturated carbocycles. The van der Waals surface area contributed by atoms with Crippen molar-refractivity contribution in [3.63, 3.8) is 0 Å². The van der Waals surface area contributed by atoms with Crippen molar-refractivity contribution < 1.29 is 19.4 Å². The first-order chi connectivity index (χ1) is 8.65. The fourth-order valence-corrected chi connectivity index (χ4v) is 2.53. The van der Waals surface area contributed by atoms with Crippen LogP contribution in [0.1, 0.15) is 19.3 Å². The van der Waals surface area contributed by atoms with Gasteiger partial charge in [0.25, 0.3) is 0 Å². The van der Waals surface area contributed by atoms with E-state index in [-0.39, 0.29) is 18.4 Å². The lowest BCUT2D eigenvalue weighted by Gasteiger charge is -2.33. The lowest BCUT2D eigenvalue weighted by Crippen LogP contribution is -2.46. The molecular formula is C12H20N2O4. The van der Waals surface area contributed by atoms with Gasteiger partial charge in [-0.1, -0.05) is 0 Å². The molecule has 0 radical (unpaired) electrons. The van der Waals surface area contributed by atoms with Gasteiger partial charge < -0.3 is 20.1 Å². The maximum absolute atomic E-state index is 12.1. The lowest BCUT2D eigenvalue weighted by molar-refractivity contribution is -0.148. The molecule has 2 aliphatic heterocycles. The molecular weight excluding hydrogens is 236 g/mol. The summed E-state index contributed by atoms with van der Waals surface area (Å²) in [7, 11) is 0. The highest BCUT2D eigenvalue weighted by Crippen LogP contribution is 2.16. The highest BCUT2D eigenvalue weighted by molar-refractivity contribution is 5.76. The number of carboxylic acids is 1. The van der Waals surface area contributed by atoms with Gasteiger partial charge in [0.05, 0.1) is 19.1 Å². The summed E-state index contributed by atoms with van der Waals surface area (Å²) < 4.78 is 5.35. The number of hydrogen-bond donors (Lipinski definition) is 2. The number of rotatable bonds is 4. The van der Waals surface area contributed by atoms with Crippen molar-refractivity contribution in [1.29, 1.82) is 0 Å². The third-order valence-corrected chi connectivity index (χ3v) is 3.52. The molecule has 2 atom stereocenters. The van der Waals surface area contributed by atoms with E-state index in [2.05, 4.69) is 5.32 Å². The number of nitrogens with one attached hydrogen (secondary N) is 1. The Kier molecular flexibility index (Phi) is 4.54. The van der Waals surface area contributed by atoms with Crippen LogP contribution in [0.2, 0.25) is 0 Å². The number of ether oxygens (including phenoxy) is 1. The summed E-state index contributed by atoms with van der Waals surface area (Å²) in [6.45, 7) is 3.32. The van der Waals surface area contributed by atoms with Gasteiger partial charge in [0.2, 0.25) is 5.91 Å². The molecule has 0 aromatic rings. The molecule has 2 rings (SSSR count). The molecule has 2 heterocycles. The van der Waals surface area contributed by atoms with Gasteiger partial charge in [-0.3, -0.25) is 9.59 Å². The summed E-state index contributed by atoms with van der Waals surface area (Å²) in [5, 5.41) is 12.0. The van der Waals surface area contributed by atoms with Crippen molar-refractivity contribution in [2.24, 2.45) is 5.92 Å². The quantitative estimate of drug-likeness (QED) is 0.721. The van der Waals surface area contributed by atoms with E-state index in [9.17, 15) is 9.59 Å². The van der Waals surface area contributed by atoms with Gasteiger partial charge in [0.15, 0.2) is 0 Å². The van der Waals surface area contributed by atoms with E-state index < -0.39 is 5.97 Å². The molecule has 2 unspecified atom stereocenters. The van der Waals surface area contributed by atoms with Crippen LogP contribution in [0.15, 0.2) is 0 Å². The number of carbonyl (C=O) groups excluding carboxylic acids is 1. The average molecular weight is 256 g/mol. The SMILES string of the molecule is O=C(O)CC1CN(C(=O)CC2CCNC2)CCO1. The maximum atomic E-state index is 12.1. The zero-order valence-corrected chi connectivity index (χ0v) is 10.4. The molecule has 0 aromatic carbocycles. The van der Waals surface area contributed by atoms with Crippen LogP contribution in [0.5, 0.6) is 0 Å². The molecule has 102 valence electrons. The van der Waals surface area contributed by atoms with E-state index in [4.69, 9.17) is 9.84 Å². The van der Waals surface area contributed by atoms with Crippen molar-refractivity contribution in [3.05, 3.63) is 0 Å². The Balaban J connectivity index is 1.79. The molecule has 0 bridgehead atoms. The smallest absolute Gasteiger partial charge is 0.306 e. The van der Waals surface area contributed by atoms with Crippen LogP contribution in [-0.4, -0.2) is 60.8 Å². The monoisotopic (exact) mass is 256 g/mol. The molecule has 6 heteroatoms. The number of aliphatic carboxylic acids is 1. The van der Waals surface area contributed by atoms with E-state index in [1.54, 1.807) is 4.90 Å². The molecule has 2 saturated heterocycles. The minimum atomic E-state index is -0.880. The fraction of sp³-hybridized carbons (Fsp3) is 0.833. The van der Waals surface area contributed by atoms with Crippen molar-refractivity contribution in [3.8, 4) is 0 Å². The Labute approximate surface area is 106 Å². The first kappa shape index (κ1) is 13.3. The minimum Gasteiger partial charge on any atom is -0.481 e. The van der Waals surface area contributed by atoms with Crippen LogP contribution in [-0.2, 0) is 14.3 Å². The van der Waals surface area contributed by atoms with Crippen molar-refractivity contribution in [1.82, 2.24) is 10.2 Å². The molecule has 2 aliphatic rings. The van der Waals surface area contributed by atoms with Crippen LogP contribution in [0.4, 0.5) is 0 Å². The van der Waals surface area contributed by atoms with Crippen molar-refractivity contribution in [2.45, 2.75) is 25.4 Å². The van der Waals surface area contributed by atoms with Crippen LogP contribution >= 0.6 is 0 Å². The molecule has 18 heavy (non-hydrogen) atoms. The second-order valence-electron chi connectivity index (χ2n) is 4.99. The van der Waals surface area contributed by atoms with Gasteiger partial charge >= 0.3 is 5.97 Å². The number of morpholine rings is 1. The number of carboxylic acid groups (broad SMARTS) is 1. The first-order valence-corrected chi connectivity index (χ1v) is 6.47. The van der Waals surface area contributed by atoms with Gasteiger partial charge in [0, 0.05) is 19.5 Å². The molecule has 1 amide bonds. The average Bonchev–Trinajstić information content (AvgIpc) is 2.81. The summed E-state index contributed by atoms with van der Waals surface area (Å²) in [5.41, 5.74) is 0. The van der Waals surface area contributed by atoms with Gasteiger partial charge in [-0.2, -0.15) is 0 Å². The minimum absolute atomic E-state index is 0.0330. The summed E-state index contributed by atoms with van der Waals surface area (Å²) in [4.78, 5) is 24.5. The lowest BCUT2D eigenvalue weighted by atomic mass is 10.0. The normalized spacial score (nSPS) is 28.3. The summed E-state index contributed by atoms with van der Waals surface area (Å²) >= 11 is 0. The molecule has 6 nitrogen and oxygen atoms in total. The topological polar surface area (TPSA) is 78.9 Å². The van der Waals surface area contributed by atoms with E-state index in [0.717, 1.165) is 19.5 Å². The largest absolute Gasteiger partial charge is 0.481 e. The van der Waals surface area contributed by atoms with E-state index in [0.29, 0.717) is 32.0 Å².